The van der Waals surface area contributed by atoms with Gasteiger partial charge >= 0.3 is 5.97 Å². The average Bonchev–Trinajstić information content (AvgIpc) is 2.92. The Hall–Kier alpha value is -3.94. The molecule has 0 aliphatic carbocycles. The second kappa shape index (κ2) is 13.6. The highest BCUT2D eigenvalue weighted by molar-refractivity contribution is 5.97. The molecule has 1 aromatic heterocycles. The van der Waals surface area contributed by atoms with E-state index in [-0.39, 0.29) is 29.1 Å². The van der Waals surface area contributed by atoms with Gasteiger partial charge in [-0.1, -0.05) is 55.8 Å². The minimum Gasteiger partial charge on any atom is -0.503 e. The Morgan fingerprint density at radius 3 is 2.29 bits per heavy atom. The summed E-state index contributed by atoms with van der Waals surface area (Å²) in [6.45, 7) is 5.47. The molecule has 0 radical (unpaired) electrons. The number of benzene rings is 2. The van der Waals surface area contributed by atoms with Crippen LogP contribution < -0.4 is 10.1 Å². The average molecular weight is 523 g/mol. The Kier molecular flexibility index (Phi) is 10.2. The van der Waals surface area contributed by atoms with Crippen LogP contribution in [0, 0.1) is 17.7 Å². The molecule has 0 saturated carbocycles. The van der Waals surface area contributed by atoms with Crippen molar-refractivity contribution >= 4 is 11.9 Å². The van der Waals surface area contributed by atoms with Gasteiger partial charge in [-0.3, -0.25) is 4.79 Å². The number of rotatable bonds is 12. The molecule has 0 fully saturated rings. The zero-order chi connectivity index (χ0) is 27.7. The predicted octanol–water partition coefficient (Wildman–Crippen LogP) is 5.11. The third kappa shape index (κ3) is 7.54. The Morgan fingerprint density at radius 1 is 1.00 bits per heavy atom. The van der Waals surface area contributed by atoms with Crippen molar-refractivity contribution in [3.63, 3.8) is 0 Å². The van der Waals surface area contributed by atoms with Crippen LogP contribution in [0.15, 0.2) is 66.9 Å². The highest BCUT2D eigenvalue weighted by Crippen LogP contribution is 2.30. The van der Waals surface area contributed by atoms with E-state index in [0.29, 0.717) is 6.42 Å². The van der Waals surface area contributed by atoms with Crippen LogP contribution in [0.3, 0.4) is 0 Å². The van der Waals surface area contributed by atoms with E-state index in [2.05, 4.69) is 29.4 Å². The van der Waals surface area contributed by atoms with Gasteiger partial charge in [-0.15, -0.1) is 0 Å². The number of amides is 1. The number of hydrogen-bond donors (Lipinski definition) is 2. The lowest BCUT2D eigenvalue weighted by atomic mass is 9.78. The molecule has 4 atom stereocenters. The molecule has 0 aliphatic rings. The summed E-state index contributed by atoms with van der Waals surface area (Å²) in [5.74, 6) is -1.81. The lowest BCUT2D eigenvalue weighted by Crippen LogP contribution is -2.42. The molecule has 2 aromatic carbocycles. The highest BCUT2D eigenvalue weighted by Gasteiger charge is 2.31. The smallest absolute Gasteiger partial charge is 0.328 e. The molecule has 3 rings (SSSR count). The van der Waals surface area contributed by atoms with E-state index in [0.717, 1.165) is 18.4 Å². The first-order valence-corrected chi connectivity index (χ1v) is 12.7. The van der Waals surface area contributed by atoms with Gasteiger partial charge in [-0.2, -0.15) is 0 Å². The fourth-order valence-corrected chi connectivity index (χ4v) is 4.59. The molecule has 3 aromatic rings. The number of carbonyl (C=O) groups excluding carboxylic acids is 2. The van der Waals surface area contributed by atoms with E-state index in [9.17, 15) is 19.1 Å². The molecule has 0 spiro atoms. The Morgan fingerprint density at radius 2 is 1.66 bits per heavy atom. The first kappa shape index (κ1) is 28.6. The third-order valence-corrected chi connectivity index (χ3v) is 6.78. The largest absolute Gasteiger partial charge is 0.503 e. The van der Waals surface area contributed by atoms with Crippen molar-refractivity contribution in [2.45, 2.75) is 52.2 Å². The summed E-state index contributed by atoms with van der Waals surface area (Å²) in [6, 6.07) is 16.9. The molecule has 1 heterocycles. The molecule has 202 valence electrons. The molecule has 8 heteroatoms. The van der Waals surface area contributed by atoms with Crippen molar-refractivity contribution in [3.8, 4) is 11.5 Å². The van der Waals surface area contributed by atoms with Gasteiger partial charge in [-0.25, -0.2) is 14.2 Å². The number of esters is 1. The molecular formula is C30H35FN2O5. The van der Waals surface area contributed by atoms with Gasteiger partial charge in [0.15, 0.2) is 17.2 Å². The second-order valence-corrected chi connectivity index (χ2v) is 9.40. The van der Waals surface area contributed by atoms with Crippen LogP contribution in [0.4, 0.5) is 4.39 Å². The topological polar surface area (TPSA) is 97.8 Å². The van der Waals surface area contributed by atoms with Gasteiger partial charge in [0.05, 0.1) is 7.11 Å². The van der Waals surface area contributed by atoms with Gasteiger partial charge in [0.2, 0.25) is 0 Å². The van der Waals surface area contributed by atoms with Gasteiger partial charge < -0.3 is 19.9 Å². The summed E-state index contributed by atoms with van der Waals surface area (Å²) in [4.78, 5) is 29.6. The molecule has 0 saturated heterocycles. The number of nitrogens with zero attached hydrogens (tertiary/aromatic N) is 1. The van der Waals surface area contributed by atoms with Crippen molar-refractivity contribution in [2.24, 2.45) is 11.8 Å². The summed E-state index contributed by atoms with van der Waals surface area (Å²) in [6.07, 6.45) is 3.11. The van der Waals surface area contributed by atoms with Crippen molar-refractivity contribution in [2.75, 3.05) is 7.11 Å². The number of nitrogens with one attached hydrogen (secondary N) is 1. The summed E-state index contributed by atoms with van der Waals surface area (Å²) >= 11 is 0. The fourth-order valence-electron chi connectivity index (χ4n) is 4.59. The van der Waals surface area contributed by atoms with Crippen LogP contribution in [-0.2, 0) is 22.4 Å². The zero-order valence-corrected chi connectivity index (χ0v) is 22.2. The van der Waals surface area contributed by atoms with Crippen LogP contribution in [0.25, 0.3) is 0 Å². The molecule has 38 heavy (non-hydrogen) atoms. The maximum Gasteiger partial charge on any atom is 0.328 e. The van der Waals surface area contributed by atoms with Crippen molar-refractivity contribution in [1.29, 1.82) is 0 Å². The van der Waals surface area contributed by atoms with E-state index in [1.165, 1.54) is 44.0 Å². The first-order valence-electron chi connectivity index (χ1n) is 12.7. The van der Waals surface area contributed by atoms with Crippen LogP contribution in [0.2, 0.25) is 0 Å². The van der Waals surface area contributed by atoms with Gasteiger partial charge in [-0.05, 0) is 55.9 Å². The predicted molar refractivity (Wildman–Crippen MR) is 142 cm³/mol. The standard InChI is InChI=1S/C30H35FN2O5/c1-5-23(17-21-9-7-6-8-10-21)25(18-22-11-13-24(31)14-12-22)20(3)38-30(36)19(2)33-29(35)27-28(34)26(37-4)15-16-32-27/h6-16,19-20,23,25,34H,5,17-18H2,1-4H3,(H,33,35)/t19-,20-,23+,25-/m0/s1. The zero-order valence-electron chi connectivity index (χ0n) is 22.2. The Bertz CT molecular complexity index is 1200. The van der Waals surface area contributed by atoms with Crippen molar-refractivity contribution < 1.29 is 28.6 Å². The Labute approximate surface area is 223 Å². The van der Waals surface area contributed by atoms with E-state index in [1.54, 1.807) is 12.1 Å². The number of aromatic nitrogens is 1. The number of carbonyl (C=O) groups is 2. The minimum atomic E-state index is -0.988. The summed E-state index contributed by atoms with van der Waals surface area (Å²) in [7, 11) is 1.36. The minimum absolute atomic E-state index is 0.0541. The number of ether oxygens (including phenoxy) is 2. The lowest BCUT2D eigenvalue weighted by molar-refractivity contribution is -0.153. The molecule has 7 nitrogen and oxygen atoms in total. The highest BCUT2D eigenvalue weighted by atomic mass is 19.1. The summed E-state index contributed by atoms with van der Waals surface area (Å²) in [5.41, 5.74) is 1.89. The maximum atomic E-state index is 13.5. The van der Waals surface area contributed by atoms with Gasteiger partial charge in [0.25, 0.3) is 5.91 Å². The van der Waals surface area contributed by atoms with Crippen molar-refractivity contribution in [3.05, 3.63) is 89.5 Å². The third-order valence-electron chi connectivity index (χ3n) is 6.78. The fraction of sp³-hybridized carbons (Fsp3) is 0.367. The van der Waals surface area contributed by atoms with E-state index in [1.807, 2.05) is 25.1 Å². The molecular weight excluding hydrogens is 487 g/mol. The van der Waals surface area contributed by atoms with E-state index < -0.39 is 29.8 Å². The number of halogens is 1. The quantitative estimate of drug-likeness (QED) is 0.321. The van der Waals surface area contributed by atoms with Gasteiger partial charge in [0, 0.05) is 18.2 Å². The number of pyridine rings is 1. The molecule has 0 aliphatic heterocycles. The van der Waals surface area contributed by atoms with Gasteiger partial charge in [0.1, 0.15) is 18.0 Å². The van der Waals surface area contributed by atoms with Crippen LogP contribution >= 0.6 is 0 Å². The summed E-state index contributed by atoms with van der Waals surface area (Å²) in [5, 5.41) is 12.7. The lowest BCUT2D eigenvalue weighted by Gasteiger charge is -2.32. The molecule has 0 bridgehead atoms. The van der Waals surface area contributed by atoms with Crippen LogP contribution in [0.5, 0.6) is 11.5 Å². The Balaban J connectivity index is 1.74. The van der Waals surface area contributed by atoms with E-state index in [4.69, 9.17) is 9.47 Å². The van der Waals surface area contributed by atoms with Crippen LogP contribution in [0.1, 0.15) is 48.8 Å². The van der Waals surface area contributed by atoms with Crippen LogP contribution in [-0.4, -0.2) is 41.2 Å². The van der Waals surface area contributed by atoms with E-state index >= 15 is 0 Å². The molecule has 0 unspecified atom stereocenters. The number of aromatic hydroxyl groups is 1. The first-order chi connectivity index (χ1) is 18.2. The number of methoxy groups -OCH3 is 1. The summed E-state index contributed by atoms with van der Waals surface area (Å²) < 4.78 is 24.4. The number of hydrogen-bond acceptors (Lipinski definition) is 6. The monoisotopic (exact) mass is 522 g/mol. The molecule has 1 amide bonds. The second-order valence-electron chi connectivity index (χ2n) is 9.40. The van der Waals surface area contributed by atoms with Crippen molar-refractivity contribution in [1.82, 2.24) is 10.3 Å². The SMILES string of the molecule is CC[C@H](Cc1ccccc1)[C@@H](Cc1ccc(F)cc1)[C@H](C)OC(=O)[C@H](C)NC(=O)c1nccc(OC)c1O. The maximum absolute atomic E-state index is 13.5. The normalized spacial score (nSPS) is 14.1. The molecule has 2 N–H and O–H groups in total.